The second kappa shape index (κ2) is 5.12. The van der Waals surface area contributed by atoms with Gasteiger partial charge in [0, 0.05) is 18.0 Å². The van der Waals surface area contributed by atoms with Crippen LogP contribution >= 0.6 is 0 Å². The van der Waals surface area contributed by atoms with Crippen LogP contribution in [0.4, 0.5) is 0 Å². The van der Waals surface area contributed by atoms with E-state index in [9.17, 15) is 0 Å². The van der Waals surface area contributed by atoms with Crippen molar-refractivity contribution >= 4 is 0 Å². The molecule has 1 fully saturated rings. The Morgan fingerprint density at radius 1 is 1.40 bits per heavy atom. The zero-order chi connectivity index (χ0) is 10.5. The van der Waals surface area contributed by atoms with Gasteiger partial charge >= 0.3 is 0 Å². The van der Waals surface area contributed by atoms with E-state index < -0.39 is 0 Å². The van der Waals surface area contributed by atoms with E-state index in [2.05, 4.69) is 4.98 Å². The van der Waals surface area contributed by atoms with Gasteiger partial charge in [-0.1, -0.05) is 0 Å². The first kappa shape index (κ1) is 10.4. The molecule has 0 saturated heterocycles. The van der Waals surface area contributed by atoms with Gasteiger partial charge in [0.15, 0.2) is 0 Å². The van der Waals surface area contributed by atoms with Gasteiger partial charge in [0.2, 0.25) is 0 Å². The summed E-state index contributed by atoms with van der Waals surface area (Å²) < 4.78 is 5.96. The van der Waals surface area contributed by atoms with Gasteiger partial charge in [0.25, 0.3) is 0 Å². The van der Waals surface area contributed by atoms with Crippen LogP contribution in [-0.4, -0.2) is 17.6 Å². The molecular formula is C12H18N2O. The first-order valence-electron chi connectivity index (χ1n) is 5.70. The Hall–Kier alpha value is -1.09. The van der Waals surface area contributed by atoms with E-state index in [1.807, 2.05) is 12.3 Å². The van der Waals surface area contributed by atoms with Crippen molar-refractivity contribution in [3.8, 4) is 5.75 Å². The molecule has 3 nitrogen and oxygen atoms in total. The van der Waals surface area contributed by atoms with Gasteiger partial charge in [0.05, 0.1) is 6.10 Å². The number of nitrogens with zero attached hydrogens (tertiary/aromatic N) is 1. The molecule has 15 heavy (non-hydrogen) atoms. The molecule has 0 amide bonds. The van der Waals surface area contributed by atoms with Gasteiger partial charge in [0.1, 0.15) is 5.75 Å². The Bertz CT molecular complexity index is 308. The van der Waals surface area contributed by atoms with Crippen molar-refractivity contribution in [3.05, 3.63) is 24.0 Å². The third-order valence-corrected chi connectivity index (χ3v) is 2.87. The van der Waals surface area contributed by atoms with Crippen molar-refractivity contribution in [3.63, 3.8) is 0 Å². The van der Waals surface area contributed by atoms with Crippen LogP contribution in [0.1, 0.15) is 31.2 Å². The minimum atomic E-state index is 0.406. The van der Waals surface area contributed by atoms with E-state index in [0.717, 1.165) is 17.7 Å². The monoisotopic (exact) mass is 206 g/mol. The first-order chi connectivity index (χ1) is 7.40. The molecule has 1 aromatic heterocycles. The van der Waals surface area contributed by atoms with Crippen molar-refractivity contribution in [2.45, 2.75) is 38.2 Å². The minimum Gasteiger partial charge on any atom is -0.490 e. The molecule has 0 aromatic carbocycles. The van der Waals surface area contributed by atoms with Gasteiger partial charge in [-0.05, 0) is 44.7 Å². The molecular weight excluding hydrogens is 188 g/mol. The van der Waals surface area contributed by atoms with Crippen LogP contribution in [0.2, 0.25) is 0 Å². The van der Waals surface area contributed by atoms with Gasteiger partial charge in [-0.3, -0.25) is 4.98 Å². The highest BCUT2D eigenvalue weighted by atomic mass is 16.5. The summed E-state index contributed by atoms with van der Waals surface area (Å²) in [4.78, 5) is 4.10. The zero-order valence-electron chi connectivity index (χ0n) is 8.98. The fraction of sp³-hybridized carbons (Fsp3) is 0.583. The number of pyridine rings is 1. The Morgan fingerprint density at radius 3 is 2.93 bits per heavy atom. The van der Waals surface area contributed by atoms with Crippen LogP contribution in [0.3, 0.4) is 0 Å². The predicted octanol–water partition coefficient (Wildman–Crippen LogP) is 1.90. The second-order valence-corrected chi connectivity index (χ2v) is 4.05. The summed E-state index contributed by atoms with van der Waals surface area (Å²) >= 11 is 0. The first-order valence-corrected chi connectivity index (χ1v) is 5.70. The normalized spacial score (nSPS) is 16.9. The molecule has 1 aromatic rings. The van der Waals surface area contributed by atoms with E-state index in [1.54, 1.807) is 6.20 Å². The lowest BCUT2D eigenvalue weighted by Gasteiger charge is -2.15. The molecule has 1 aliphatic carbocycles. The zero-order valence-corrected chi connectivity index (χ0v) is 8.98. The molecule has 3 heteroatoms. The molecule has 82 valence electrons. The summed E-state index contributed by atoms with van der Waals surface area (Å²) in [7, 11) is 0. The quantitative estimate of drug-likeness (QED) is 0.818. The van der Waals surface area contributed by atoms with E-state index in [0.29, 0.717) is 12.6 Å². The van der Waals surface area contributed by atoms with Crippen molar-refractivity contribution in [1.82, 2.24) is 4.98 Å². The summed E-state index contributed by atoms with van der Waals surface area (Å²) in [6, 6.07) is 1.95. The third-order valence-electron chi connectivity index (χ3n) is 2.87. The number of aromatic nitrogens is 1. The molecule has 2 rings (SSSR count). The van der Waals surface area contributed by atoms with E-state index in [1.165, 1.54) is 25.7 Å². The highest BCUT2D eigenvalue weighted by molar-refractivity contribution is 5.30. The lowest BCUT2D eigenvalue weighted by atomic mass is 10.2. The molecule has 1 saturated carbocycles. The highest BCUT2D eigenvalue weighted by Gasteiger charge is 2.17. The lowest BCUT2D eigenvalue weighted by Crippen LogP contribution is -2.13. The average Bonchev–Trinajstić information content (AvgIpc) is 2.74. The van der Waals surface area contributed by atoms with Crippen molar-refractivity contribution in [2.24, 2.45) is 5.73 Å². The standard InChI is InChI=1S/C12H18N2O/c13-7-5-10-9-14-8-6-12(10)15-11-3-1-2-4-11/h6,8-9,11H,1-5,7,13H2. The molecule has 0 unspecified atom stereocenters. The number of hydrogen-bond acceptors (Lipinski definition) is 3. The Morgan fingerprint density at radius 2 is 2.20 bits per heavy atom. The maximum atomic E-state index is 5.96. The third kappa shape index (κ3) is 2.69. The van der Waals surface area contributed by atoms with Crippen LogP contribution in [0.5, 0.6) is 5.75 Å². The van der Waals surface area contributed by atoms with E-state index in [4.69, 9.17) is 10.5 Å². The summed E-state index contributed by atoms with van der Waals surface area (Å²) in [5.74, 6) is 0.974. The van der Waals surface area contributed by atoms with E-state index >= 15 is 0 Å². The largest absolute Gasteiger partial charge is 0.490 e. The summed E-state index contributed by atoms with van der Waals surface area (Å²) in [5.41, 5.74) is 6.69. The SMILES string of the molecule is NCCc1cnccc1OC1CCCC1. The topological polar surface area (TPSA) is 48.1 Å². The van der Waals surface area contributed by atoms with Crippen molar-refractivity contribution in [1.29, 1.82) is 0 Å². The van der Waals surface area contributed by atoms with Crippen molar-refractivity contribution < 1.29 is 4.74 Å². The molecule has 0 bridgehead atoms. The lowest BCUT2D eigenvalue weighted by molar-refractivity contribution is 0.207. The molecule has 0 aliphatic heterocycles. The molecule has 0 atom stereocenters. The molecule has 1 aliphatic rings. The highest BCUT2D eigenvalue weighted by Crippen LogP contribution is 2.26. The van der Waals surface area contributed by atoms with E-state index in [-0.39, 0.29) is 0 Å². The summed E-state index contributed by atoms with van der Waals surface area (Å²) in [6.45, 7) is 0.646. The van der Waals surface area contributed by atoms with Crippen molar-refractivity contribution in [2.75, 3.05) is 6.54 Å². The van der Waals surface area contributed by atoms with Crippen LogP contribution in [0.25, 0.3) is 0 Å². The number of nitrogens with two attached hydrogens (primary N) is 1. The molecule has 2 N–H and O–H groups in total. The fourth-order valence-corrected chi connectivity index (χ4v) is 2.06. The Balaban J connectivity index is 2.05. The fourth-order valence-electron chi connectivity index (χ4n) is 2.06. The number of hydrogen-bond donors (Lipinski definition) is 1. The van der Waals surface area contributed by atoms with Crippen LogP contribution in [0, 0.1) is 0 Å². The predicted molar refractivity (Wildman–Crippen MR) is 59.9 cm³/mol. The smallest absolute Gasteiger partial charge is 0.126 e. The van der Waals surface area contributed by atoms with Crippen LogP contribution in [0.15, 0.2) is 18.5 Å². The number of ether oxygens (including phenoxy) is 1. The second-order valence-electron chi connectivity index (χ2n) is 4.05. The van der Waals surface area contributed by atoms with Gasteiger partial charge in [-0.15, -0.1) is 0 Å². The molecule has 1 heterocycles. The number of rotatable bonds is 4. The Kier molecular flexibility index (Phi) is 3.56. The van der Waals surface area contributed by atoms with Gasteiger partial charge in [-0.2, -0.15) is 0 Å². The molecule has 0 radical (unpaired) electrons. The summed E-state index contributed by atoms with van der Waals surface area (Å²) in [5, 5.41) is 0. The van der Waals surface area contributed by atoms with Crippen LogP contribution < -0.4 is 10.5 Å². The maximum absolute atomic E-state index is 5.96. The average molecular weight is 206 g/mol. The van der Waals surface area contributed by atoms with Gasteiger partial charge in [-0.25, -0.2) is 0 Å². The van der Waals surface area contributed by atoms with Crippen LogP contribution in [-0.2, 0) is 6.42 Å². The maximum Gasteiger partial charge on any atom is 0.126 e. The minimum absolute atomic E-state index is 0.406. The Labute approximate surface area is 90.7 Å². The van der Waals surface area contributed by atoms with Gasteiger partial charge < -0.3 is 10.5 Å². The molecule has 0 spiro atoms. The summed E-state index contributed by atoms with van der Waals surface area (Å²) in [6.07, 6.45) is 9.85.